The highest BCUT2D eigenvalue weighted by Crippen LogP contribution is 2.21. The molecule has 0 saturated carbocycles. The molecular weight excluding hydrogens is 184 g/mol. The van der Waals surface area contributed by atoms with Gasteiger partial charge in [-0.3, -0.25) is 0 Å². The van der Waals surface area contributed by atoms with Gasteiger partial charge in [0.05, 0.1) is 0 Å². The minimum atomic E-state index is 0.416. The van der Waals surface area contributed by atoms with Gasteiger partial charge >= 0.3 is 0 Å². The molecule has 0 bridgehead atoms. The maximum Gasteiger partial charge on any atom is 0.00474 e. The first-order valence-corrected chi connectivity index (χ1v) is 6.34. The number of rotatable bonds is 8. The maximum absolute atomic E-state index is 3.32. The van der Waals surface area contributed by atoms with Crippen LogP contribution in [0.1, 0.15) is 41.0 Å². The van der Waals surface area contributed by atoms with Crippen LogP contribution in [-0.2, 0) is 0 Å². The fraction of sp³-hybridized carbons (Fsp3) is 1.00. The fourth-order valence-corrected chi connectivity index (χ4v) is 2.08. The first-order valence-electron chi connectivity index (χ1n) is 6.34. The first-order chi connectivity index (χ1) is 6.97. The van der Waals surface area contributed by atoms with E-state index in [-0.39, 0.29) is 0 Å². The predicted molar refractivity (Wildman–Crippen MR) is 69.3 cm³/mol. The fourth-order valence-electron chi connectivity index (χ4n) is 2.08. The van der Waals surface area contributed by atoms with Crippen molar-refractivity contribution in [1.82, 2.24) is 10.2 Å². The van der Waals surface area contributed by atoms with Gasteiger partial charge in [0.15, 0.2) is 0 Å². The van der Waals surface area contributed by atoms with Crippen LogP contribution in [0.25, 0.3) is 0 Å². The summed E-state index contributed by atoms with van der Waals surface area (Å²) in [4.78, 5) is 2.57. The van der Waals surface area contributed by atoms with Crippen molar-refractivity contribution in [1.29, 1.82) is 0 Å². The Morgan fingerprint density at radius 1 is 1.27 bits per heavy atom. The summed E-state index contributed by atoms with van der Waals surface area (Å²) >= 11 is 0. The van der Waals surface area contributed by atoms with Crippen LogP contribution < -0.4 is 5.32 Å². The molecule has 0 fully saturated rings. The van der Waals surface area contributed by atoms with Gasteiger partial charge in [0.25, 0.3) is 0 Å². The molecule has 0 aromatic heterocycles. The van der Waals surface area contributed by atoms with Crippen LogP contribution in [0.3, 0.4) is 0 Å². The summed E-state index contributed by atoms with van der Waals surface area (Å²) in [6.45, 7) is 16.2. The number of hydrogen-bond donors (Lipinski definition) is 1. The van der Waals surface area contributed by atoms with Crippen LogP contribution in [0, 0.1) is 11.3 Å². The monoisotopic (exact) mass is 214 g/mol. The van der Waals surface area contributed by atoms with Gasteiger partial charge in [0.2, 0.25) is 0 Å². The summed E-state index contributed by atoms with van der Waals surface area (Å²) in [5.41, 5.74) is 0.416. The molecule has 0 aliphatic carbocycles. The van der Waals surface area contributed by atoms with E-state index in [1.807, 2.05) is 7.05 Å². The summed E-state index contributed by atoms with van der Waals surface area (Å²) in [7, 11) is 2.05. The van der Waals surface area contributed by atoms with Crippen LogP contribution >= 0.6 is 0 Å². The third kappa shape index (κ3) is 6.16. The van der Waals surface area contributed by atoms with Crippen molar-refractivity contribution in [2.24, 2.45) is 11.3 Å². The molecule has 2 heteroatoms. The molecule has 1 N–H and O–H groups in total. The van der Waals surface area contributed by atoms with Gasteiger partial charge in [0, 0.05) is 19.6 Å². The third-order valence-electron chi connectivity index (χ3n) is 3.13. The molecule has 0 aliphatic rings. The van der Waals surface area contributed by atoms with Crippen molar-refractivity contribution < 1.29 is 0 Å². The third-order valence-corrected chi connectivity index (χ3v) is 3.13. The van der Waals surface area contributed by atoms with Crippen LogP contribution in [0.2, 0.25) is 0 Å². The highest BCUT2D eigenvalue weighted by molar-refractivity contribution is 4.79. The van der Waals surface area contributed by atoms with Crippen molar-refractivity contribution in [2.75, 3.05) is 33.2 Å². The van der Waals surface area contributed by atoms with Crippen molar-refractivity contribution >= 4 is 0 Å². The normalized spacial score (nSPS) is 16.0. The quantitative estimate of drug-likeness (QED) is 0.668. The van der Waals surface area contributed by atoms with Crippen molar-refractivity contribution in [3.63, 3.8) is 0 Å². The van der Waals surface area contributed by atoms with E-state index in [9.17, 15) is 0 Å². The van der Waals surface area contributed by atoms with E-state index >= 15 is 0 Å². The topological polar surface area (TPSA) is 15.3 Å². The zero-order chi connectivity index (χ0) is 11.9. The lowest BCUT2D eigenvalue weighted by Crippen LogP contribution is -2.42. The molecule has 0 radical (unpaired) electrons. The Labute approximate surface area is 96.4 Å². The Hall–Kier alpha value is -0.0800. The summed E-state index contributed by atoms with van der Waals surface area (Å²) in [5.74, 6) is 0.764. The minimum Gasteiger partial charge on any atom is -0.319 e. The summed E-state index contributed by atoms with van der Waals surface area (Å²) in [5, 5.41) is 3.32. The van der Waals surface area contributed by atoms with Crippen LogP contribution in [-0.4, -0.2) is 38.1 Å². The van der Waals surface area contributed by atoms with Crippen molar-refractivity contribution in [3.05, 3.63) is 0 Å². The Kier molecular flexibility index (Phi) is 7.20. The maximum atomic E-state index is 3.32. The lowest BCUT2D eigenvalue weighted by molar-refractivity contribution is 0.150. The van der Waals surface area contributed by atoms with E-state index in [2.05, 4.69) is 44.8 Å². The molecule has 2 nitrogen and oxygen atoms in total. The molecule has 92 valence electrons. The summed E-state index contributed by atoms with van der Waals surface area (Å²) < 4.78 is 0. The Morgan fingerprint density at radius 3 is 2.20 bits per heavy atom. The Balaban J connectivity index is 4.22. The molecule has 0 amide bonds. The first kappa shape index (κ1) is 14.9. The minimum absolute atomic E-state index is 0.416. The van der Waals surface area contributed by atoms with Crippen molar-refractivity contribution in [3.8, 4) is 0 Å². The predicted octanol–water partition coefficient (Wildman–Crippen LogP) is 2.60. The number of nitrogens with zero attached hydrogens (tertiary/aromatic N) is 1. The molecule has 1 atom stereocenters. The number of nitrogens with one attached hydrogen (secondary N) is 1. The average Bonchev–Trinajstić information content (AvgIpc) is 2.16. The molecule has 0 heterocycles. The average molecular weight is 214 g/mol. The molecule has 1 unspecified atom stereocenters. The van der Waals surface area contributed by atoms with E-state index in [4.69, 9.17) is 0 Å². The molecular formula is C13H30N2. The smallest absolute Gasteiger partial charge is 0.00474 e. The Morgan fingerprint density at radius 2 is 1.87 bits per heavy atom. The zero-order valence-electron chi connectivity index (χ0n) is 11.6. The van der Waals surface area contributed by atoms with Gasteiger partial charge in [-0.1, -0.05) is 34.6 Å². The second-order valence-electron chi connectivity index (χ2n) is 5.42. The number of hydrogen-bond acceptors (Lipinski definition) is 2. The van der Waals surface area contributed by atoms with Gasteiger partial charge in [0.1, 0.15) is 0 Å². The highest BCUT2D eigenvalue weighted by atomic mass is 15.1. The van der Waals surface area contributed by atoms with Gasteiger partial charge < -0.3 is 10.2 Å². The van der Waals surface area contributed by atoms with Crippen molar-refractivity contribution in [2.45, 2.75) is 41.0 Å². The van der Waals surface area contributed by atoms with Gasteiger partial charge in [-0.25, -0.2) is 0 Å². The second kappa shape index (κ2) is 7.24. The van der Waals surface area contributed by atoms with Crippen LogP contribution in [0.5, 0.6) is 0 Å². The zero-order valence-corrected chi connectivity index (χ0v) is 11.6. The standard InChI is InChI=1S/C13H30N2/c1-7-13(5,10-14-6)11-15(8-2)9-12(3)4/h12,14H,7-11H2,1-6H3. The van der Waals surface area contributed by atoms with E-state index < -0.39 is 0 Å². The molecule has 0 aromatic carbocycles. The van der Waals surface area contributed by atoms with E-state index in [0.29, 0.717) is 5.41 Å². The molecule has 0 aliphatic heterocycles. The molecule has 0 aromatic rings. The van der Waals surface area contributed by atoms with Gasteiger partial charge in [-0.2, -0.15) is 0 Å². The van der Waals surface area contributed by atoms with Crippen LogP contribution in [0.4, 0.5) is 0 Å². The molecule has 0 rings (SSSR count). The van der Waals surface area contributed by atoms with Crippen LogP contribution in [0.15, 0.2) is 0 Å². The van der Waals surface area contributed by atoms with E-state index in [0.717, 1.165) is 19.0 Å². The summed E-state index contributed by atoms with van der Waals surface area (Å²) in [6, 6.07) is 0. The lowest BCUT2D eigenvalue weighted by Gasteiger charge is -2.35. The SMILES string of the molecule is CCN(CC(C)C)CC(C)(CC)CNC. The molecule has 0 spiro atoms. The van der Waals surface area contributed by atoms with E-state index in [1.165, 1.54) is 19.5 Å². The Bertz CT molecular complexity index is 157. The molecule has 15 heavy (non-hydrogen) atoms. The lowest BCUT2D eigenvalue weighted by atomic mass is 9.86. The van der Waals surface area contributed by atoms with Gasteiger partial charge in [-0.15, -0.1) is 0 Å². The van der Waals surface area contributed by atoms with Gasteiger partial charge in [-0.05, 0) is 31.3 Å². The largest absolute Gasteiger partial charge is 0.319 e. The molecule has 0 saturated heterocycles. The second-order valence-corrected chi connectivity index (χ2v) is 5.42. The highest BCUT2D eigenvalue weighted by Gasteiger charge is 2.24. The van der Waals surface area contributed by atoms with E-state index in [1.54, 1.807) is 0 Å². The summed E-state index contributed by atoms with van der Waals surface area (Å²) in [6.07, 6.45) is 1.24.